The average molecular weight is 225 g/mol. The van der Waals surface area contributed by atoms with Gasteiger partial charge in [-0.2, -0.15) is 0 Å². The fraction of sp³-hybridized carbons (Fsp3) is 0.545. The van der Waals surface area contributed by atoms with Gasteiger partial charge in [-0.05, 0) is 19.4 Å². The predicted octanol–water partition coefficient (Wildman–Crippen LogP) is 0.591. The summed E-state index contributed by atoms with van der Waals surface area (Å²) in [6.45, 7) is 4.49. The molecule has 0 radical (unpaired) electrons. The molecular formula is C11H19N3O2. The molecule has 0 aliphatic heterocycles. The predicted molar refractivity (Wildman–Crippen MR) is 63.1 cm³/mol. The number of amides is 1. The number of aliphatic hydroxyl groups is 1. The van der Waals surface area contributed by atoms with E-state index in [0.29, 0.717) is 24.3 Å². The second kappa shape index (κ2) is 5.55. The minimum atomic E-state index is -0.200. The molecular weight excluding hydrogens is 206 g/mol. The van der Waals surface area contributed by atoms with E-state index in [0.717, 1.165) is 0 Å². The minimum Gasteiger partial charge on any atom is -0.397 e. The molecule has 4 N–H and O–H groups in total. The lowest BCUT2D eigenvalue weighted by atomic mass is 10.2. The molecule has 16 heavy (non-hydrogen) atoms. The van der Waals surface area contributed by atoms with Crippen LogP contribution in [0.2, 0.25) is 0 Å². The number of carbonyl (C=O) groups is 1. The lowest BCUT2D eigenvalue weighted by molar-refractivity contribution is 0.0905. The van der Waals surface area contributed by atoms with Crippen molar-refractivity contribution in [3.05, 3.63) is 18.0 Å². The Labute approximate surface area is 95.3 Å². The van der Waals surface area contributed by atoms with E-state index in [9.17, 15) is 4.79 Å². The van der Waals surface area contributed by atoms with Crippen LogP contribution in [0.25, 0.3) is 0 Å². The van der Waals surface area contributed by atoms with E-state index in [2.05, 4.69) is 5.32 Å². The van der Waals surface area contributed by atoms with E-state index in [1.807, 2.05) is 13.8 Å². The van der Waals surface area contributed by atoms with E-state index in [1.54, 1.807) is 16.8 Å². The first-order valence-electron chi connectivity index (χ1n) is 5.49. The summed E-state index contributed by atoms with van der Waals surface area (Å²) in [6, 6.07) is 1.44. The van der Waals surface area contributed by atoms with E-state index >= 15 is 0 Å². The number of hydrogen-bond acceptors (Lipinski definition) is 3. The molecule has 1 amide bonds. The van der Waals surface area contributed by atoms with Gasteiger partial charge in [-0.25, -0.2) is 0 Å². The number of anilines is 1. The standard InChI is InChI=1S/C11H19N3O2/c1-3-9(7-15)13-11(16)10-5-8(12)6-14(10)4-2/h5-6,9,15H,3-4,7,12H2,1-2H3,(H,13,16)/t9-/m0/s1. The number of aryl methyl sites for hydroxylation is 1. The summed E-state index contributed by atoms with van der Waals surface area (Å²) in [5.74, 6) is -0.195. The molecule has 1 rings (SSSR count). The number of aromatic nitrogens is 1. The SMILES string of the molecule is CC[C@@H](CO)NC(=O)c1cc(N)cn1CC. The maximum absolute atomic E-state index is 11.9. The highest BCUT2D eigenvalue weighted by molar-refractivity contribution is 5.94. The lowest BCUT2D eigenvalue weighted by Crippen LogP contribution is -2.37. The van der Waals surface area contributed by atoms with Gasteiger partial charge in [0.1, 0.15) is 5.69 Å². The maximum atomic E-state index is 11.9. The quantitative estimate of drug-likeness (QED) is 0.686. The van der Waals surface area contributed by atoms with Gasteiger partial charge in [0.05, 0.1) is 18.3 Å². The topological polar surface area (TPSA) is 80.3 Å². The number of nitrogens with zero attached hydrogens (tertiary/aromatic N) is 1. The van der Waals surface area contributed by atoms with Gasteiger partial charge in [0.15, 0.2) is 0 Å². The third-order valence-corrected chi connectivity index (χ3v) is 2.54. The third kappa shape index (κ3) is 2.76. The van der Waals surface area contributed by atoms with Crippen LogP contribution in [-0.2, 0) is 6.54 Å². The lowest BCUT2D eigenvalue weighted by Gasteiger charge is -2.14. The first kappa shape index (κ1) is 12.6. The largest absolute Gasteiger partial charge is 0.397 e. The fourth-order valence-corrected chi connectivity index (χ4v) is 1.52. The van der Waals surface area contributed by atoms with Crippen LogP contribution in [-0.4, -0.2) is 28.2 Å². The molecule has 1 aromatic heterocycles. The minimum absolute atomic E-state index is 0.0510. The number of nitrogen functional groups attached to an aromatic ring is 1. The summed E-state index contributed by atoms with van der Waals surface area (Å²) in [4.78, 5) is 11.9. The number of carbonyl (C=O) groups excluding carboxylic acids is 1. The number of nitrogens with one attached hydrogen (secondary N) is 1. The van der Waals surface area contributed by atoms with Crippen LogP contribution in [0, 0.1) is 0 Å². The summed E-state index contributed by atoms with van der Waals surface area (Å²) in [6.07, 6.45) is 2.43. The molecule has 5 heteroatoms. The Morgan fingerprint density at radius 1 is 1.62 bits per heavy atom. The molecule has 0 saturated carbocycles. The Kier molecular flexibility index (Phi) is 4.37. The summed E-state index contributed by atoms with van der Waals surface area (Å²) in [7, 11) is 0. The van der Waals surface area contributed by atoms with E-state index in [4.69, 9.17) is 10.8 Å². The fourth-order valence-electron chi connectivity index (χ4n) is 1.52. The van der Waals surface area contributed by atoms with Gasteiger partial charge in [0, 0.05) is 12.7 Å². The van der Waals surface area contributed by atoms with Crippen molar-refractivity contribution in [3.63, 3.8) is 0 Å². The van der Waals surface area contributed by atoms with Gasteiger partial charge in [0.2, 0.25) is 0 Å². The van der Waals surface area contributed by atoms with Crippen LogP contribution in [0.15, 0.2) is 12.3 Å². The molecule has 1 atom stereocenters. The number of hydrogen-bond donors (Lipinski definition) is 3. The van der Waals surface area contributed by atoms with Gasteiger partial charge in [-0.15, -0.1) is 0 Å². The molecule has 0 spiro atoms. The Bertz CT molecular complexity index is 356. The van der Waals surface area contributed by atoms with Gasteiger partial charge in [0.25, 0.3) is 5.91 Å². The molecule has 0 unspecified atom stereocenters. The first-order chi connectivity index (χ1) is 7.62. The average Bonchev–Trinajstić information content (AvgIpc) is 2.67. The zero-order chi connectivity index (χ0) is 12.1. The third-order valence-electron chi connectivity index (χ3n) is 2.54. The molecule has 0 aliphatic rings. The van der Waals surface area contributed by atoms with E-state index < -0.39 is 0 Å². The highest BCUT2D eigenvalue weighted by atomic mass is 16.3. The monoisotopic (exact) mass is 225 g/mol. The Morgan fingerprint density at radius 3 is 2.81 bits per heavy atom. The Morgan fingerprint density at radius 2 is 2.31 bits per heavy atom. The van der Waals surface area contributed by atoms with Gasteiger partial charge < -0.3 is 20.7 Å². The van der Waals surface area contributed by atoms with Gasteiger partial charge >= 0.3 is 0 Å². The summed E-state index contributed by atoms with van der Waals surface area (Å²) in [5.41, 5.74) is 6.75. The van der Waals surface area contributed by atoms with E-state index in [-0.39, 0.29) is 18.6 Å². The molecule has 0 bridgehead atoms. The van der Waals surface area contributed by atoms with Crippen molar-refractivity contribution < 1.29 is 9.90 Å². The van der Waals surface area contributed by atoms with Crippen molar-refractivity contribution in [3.8, 4) is 0 Å². The van der Waals surface area contributed by atoms with Crippen molar-refractivity contribution in [2.45, 2.75) is 32.9 Å². The zero-order valence-electron chi connectivity index (χ0n) is 9.73. The molecule has 1 aromatic rings. The Balaban J connectivity index is 2.79. The second-order valence-corrected chi connectivity index (χ2v) is 3.71. The number of aliphatic hydroxyl groups excluding tert-OH is 1. The van der Waals surface area contributed by atoms with Crippen LogP contribution in [0.5, 0.6) is 0 Å². The second-order valence-electron chi connectivity index (χ2n) is 3.71. The Hall–Kier alpha value is -1.49. The molecule has 1 heterocycles. The van der Waals surface area contributed by atoms with Crippen LogP contribution >= 0.6 is 0 Å². The van der Waals surface area contributed by atoms with Crippen LogP contribution in [0.4, 0.5) is 5.69 Å². The van der Waals surface area contributed by atoms with Gasteiger partial charge in [-0.3, -0.25) is 4.79 Å². The molecule has 0 aromatic carbocycles. The van der Waals surface area contributed by atoms with Crippen molar-refractivity contribution in [1.29, 1.82) is 0 Å². The molecule has 0 aliphatic carbocycles. The van der Waals surface area contributed by atoms with E-state index in [1.165, 1.54) is 0 Å². The number of nitrogens with two attached hydrogens (primary N) is 1. The molecule has 0 fully saturated rings. The van der Waals surface area contributed by atoms with Crippen molar-refractivity contribution in [2.75, 3.05) is 12.3 Å². The van der Waals surface area contributed by atoms with Crippen LogP contribution in [0.3, 0.4) is 0 Å². The normalized spacial score (nSPS) is 12.4. The molecule has 90 valence electrons. The van der Waals surface area contributed by atoms with Crippen molar-refractivity contribution in [2.24, 2.45) is 0 Å². The molecule has 0 saturated heterocycles. The summed E-state index contributed by atoms with van der Waals surface area (Å²) < 4.78 is 1.79. The zero-order valence-corrected chi connectivity index (χ0v) is 9.73. The smallest absolute Gasteiger partial charge is 0.268 e. The maximum Gasteiger partial charge on any atom is 0.268 e. The highest BCUT2D eigenvalue weighted by Crippen LogP contribution is 2.10. The van der Waals surface area contributed by atoms with Crippen molar-refractivity contribution in [1.82, 2.24) is 9.88 Å². The summed E-state index contributed by atoms with van der Waals surface area (Å²) >= 11 is 0. The highest BCUT2D eigenvalue weighted by Gasteiger charge is 2.15. The number of rotatable bonds is 5. The van der Waals surface area contributed by atoms with Gasteiger partial charge in [-0.1, -0.05) is 6.92 Å². The van der Waals surface area contributed by atoms with Crippen LogP contribution in [0.1, 0.15) is 30.8 Å². The van der Waals surface area contributed by atoms with Crippen LogP contribution < -0.4 is 11.1 Å². The van der Waals surface area contributed by atoms with Crippen molar-refractivity contribution >= 4 is 11.6 Å². The first-order valence-corrected chi connectivity index (χ1v) is 5.49. The molecule has 5 nitrogen and oxygen atoms in total. The summed E-state index contributed by atoms with van der Waals surface area (Å²) in [5, 5.41) is 11.8.